The van der Waals surface area contributed by atoms with E-state index in [1.165, 1.54) is 0 Å². The number of pyridine rings is 1. The number of hydrogen-bond donors (Lipinski definition) is 1. The van der Waals surface area contributed by atoms with Crippen molar-refractivity contribution in [1.82, 2.24) is 4.98 Å². The Morgan fingerprint density at radius 3 is 2.94 bits per heavy atom. The summed E-state index contributed by atoms with van der Waals surface area (Å²) >= 11 is 1.59. The second-order valence-corrected chi connectivity index (χ2v) is 5.13. The van der Waals surface area contributed by atoms with Crippen molar-refractivity contribution < 1.29 is 0 Å². The summed E-state index contributed by atoms with van der Waals surface area (Å²) < 4.78 is 1.91. The second-order valence-electron chi connectivity index (χ2n) is 4.08. The first-order valence-corrected chi connectivity index (χ1v) is 6.31. The number of anilines is 1. The standard InChI is InChI=1S/C13H9BN2OS/c1-7-2-3-9(16-14)11-12(17)8-6-15-5-4-10(8)18-13(7)11/h2-6,16H,1H3. The Labute approximate surface area is 109 Å². The average molecular weight is 252 g/mol. The number of nitrogens with one attached hydrogen (secondary N) is 1. The minimum Gasteiger partial charge on any atom is -0.437 e. The molecule has 0 saturated heterocycles. The molecule has 2 heterocycles. The quantitative estimate of drug-likeness (QED) is 0.534. The predicted octanol–water partition coefficient (Wildman–Crippen LogP) is 2.61. The van der Waals surface area contributed by atoms with Crippen molar-refractivity contribution in [3.05, 3.63) is 46.4 Å². The molecule has 86 valence electrons. The first kappa shape index (κ1) is 11.2. The molecule has 0 fully saturated rings. The third-order valence-corrected chi connectivity index (χ3v) is 4.28. The monoisotopic (exact) mass is 252 g/mol. The Bertz CT molecular complexity index is 813. The summed E-state index contributed by atoms with van der Waals surface area (Å²) in [5.41, 5.74) is 1.70. The molecule has 0 aliphatic rings. The van der Waals surface area contributed by atoms with Gasteiger partial charge in [0, 0.05) is 27.5 Å². The van der Waals surface area contributed by atoms with Crippen molar-refractivity contribution in [2.75, 3.05) is 5.23 Å². The van der Waals surface area contributed by atoms with E-state index in [1.807, 2.05) is 25.1 Å². The van der Waals surface area contributed by atoms with Crippen LogP contribution in [0.15, 0.2) is 35.4 Å². The van der Waals surface area contributed by atoms with E-state index in [2.05, 4.69) is 10.2 Å². The van der Waals surface area contributed by atoms with Crippen LogP contribution in [0.3, 0.4) is 0 Å². The molecule has 0 amide bonds. The van der Waals surface area contributed by atoms with Crippen molar-refractivity contribution in [3.63, 3.8) is 0 Å². The molecular weight excluding hydrogens is 243 g/mol. The Kier molecular flexibility index (Phi) is 2.56. The minimum absolute atomic E-state index is 0.0245. The van der Waals surface area contributed by atoms with E-state index in [4.69, 9.17) is 7.98 Å². The molecule has 0 spiro atoms. The van der Waals surface area contributed by atoms with Crippen LogP contribution >= 0.6 is 11.3 Å². The van der Waals surface area contributed by atoms with Crippen LogP contribution in [-0.2, 0) is 0 Å². The lowest BCUT2D eigenvalue weighted by atomic mass is 10.1. The maximum absolute atomic E-state index is 12.5. The van der Waals surface area contributed by atoms with E-state index in [1.54, 1.807) is 23.7 Å². The fourth-order valence-corrected chi connectivity index (χ4v) is 3.19. The largest absolute Gasteiger partial charge is 0.437 e. The molecule has 3 aromatic rings. The zero-order chi connectivity index (χ0) is 12.7. The van der Waals surface area contributed by atoms with E-state index in [0.717, 1.165) is 15.0 Å². The van der Waals surface area contributed by atoms with Gasteiger partial charge in [-0.3, -0.25) is 9.78 Å². The van der Waals surface area contributed by atoms with E-state index in [-0.39, 0.29) is 5.43 Å². The maximum Gasteiger partial charge on any atom is 0.222 e. The van der Waals surface area contributed by atoms with Gasteiger partial charge in [0.2, 0.25) is 7.98 Å². The van der Waals surface area contributed by atoms with Crippen molar-refractivity contribution in [3.8, 4) is 0 Å². The summed E-state index contributed by atoms with van der Waals surface area (Å²) in [6.45, 7) is 1.99. The van der Waals surface area contributed by atoms with Gasteiger partial charge >= 0.3 is 0 Å². The number of aromatic nitrogens is 1. The van der Waals surface area contributed by atoms with Gasteiger partial charge in [0.25, 0.3) is 0 Å². The van der Waals surface area contributed by atoms with Crippen molar-refractivity contribution in [2.24, 2.45) is 0 Å². The lowest BCUT2D eigenvalue weighted by Crippen LogP contribution is -2.05. The number of fused-ring (bicyclic) bond motifs is 2. The SMILES string of the molecule is [B]Nc1ccc(C)c2sc3ccncc3c(=O)c12. The van der Waals surface area contributed by atoms with Crippen molar-refractivity contribution >= 4 is 45.2 Å². The average Bonchev–Trinajstić information content (AvgIpc) is 2.40. The molecule has 1 N–H and O–H groups in total. The molecule has 0 bridgehead atoms. The normalized spacial score (nSPS) is 10.9. The fraction of sp³-hybridized carbons (Fsp3) is 0.0769. The zero-order valence-electron chi connectivity index (χ0n) is 9.73. The number of rotatable bonds is 1. The second kappa shape index (κ2) is 4.10. The van der Waals surface area contributed by atoms with E-state index in [9.17, 15) is 4.79 Å². The van der Waals surface area contributed by atoms with Crippen LogP contribution in [-0.4, -0.2) is 13.0 Å². The first-order valence-electron chi connectivity index (χ1n) is 5.49. The van der Waals surface area contributed by atoms with Gasteiger partial charge in [0.05, 0.1) is 10.8 Å². The van der Waals surface area contributed by atoms with Gasteiger partial charge in [-0.2, -0.15) is 0 Å². The molecule has 3 rings (SSSR count). The van der Waals surface area contributed by atoms with Gasteiger partial charge in [-0.1, -0.05) is 6.07 Å². The Morgan fingerprint density at radius 2 is 2.17 bits per heavy atom. The first-order chi connectivity index (χ1) is 8.72. The van der Waals surface area contributed by atoms with Crippen molar-refractivity contribution in [2.45, 2.75) is 6.92 Å². The lowest BCUT2D eigenvalue weighted by molar-refractivity contribution is 1.37. The number of hydrogen-bond acceptors (Lipinski definition) is 4. The molecule has 0 aliphatic heterocycles. The topological polar surface area (TPSA) is 42.0 Å². The smallest absolute Gasteiger partial charge is 0.222 e. The van der Waals surface area contributed by atoms with Crippen LogP contribution < -0.4 is 10.7 Å². The highest BCUT2D eigenvalue weighted by Gasteiger charge is 2.10. The van der Waals surface area contributed by atoms with Gasteiger partial charge in [-0.05, 0) is 24.6 Å². The molecular formula is C13H9BN2OS. The van der Waals surface area contributed by atoms with Gasteiger partial charge in [0.1, 0.15) is 0 Å². The van der Waals surface area contributed by atoms with E-state index < -0.39 is 0 Å². The van der Waals surface area contributed by atoms with Gasteiger partial charge in [-0.25, -0.2) is 0 Å². The lowest BCUT2D eigenvalue weighted by Gasteiger charge is -2.08. The van der Waals surface area contributed by atoms with E-state index in [0.29, 0.717) is 16.5 Å². The molecule has 0 aliphatic carbocycles. The van der Waals surface area contributed by atoms with Gasteiger partial charge < -0.3 is 5.23 Å². The summed E-state index contributed by atoms with van der Waals surface area (Å²) in [6.07, 6.45) is 3.31. The van der Waals surface area contributed by atoms with Crippen LogP contribution in [0.1, 0.15) is 5.56 Å². The molecule has 1 aromatic carbocycles. The Hall–Kier alpha value is -1.88. The molecule has 0 unspecified atom stereocenters. The third kappa shape index (κ3) is 1.51. The number of benzene rings is 1. The highest BCUT2D eigenvalue weighted by Crippen LogP contribution is 2.30. The Balaban J connectivity index is 2.64. The zero-order valence-corrected chi connectivity index (χ0v) is 10.5. The van der Waals surface area contributed by atoms with Gasteiger partial charge in [-0.15, -0.1) is 11.3 Å². The summed E-state index contributed by atoms with van der Waals surface area (Å²) in [6, 6.07) is 5.65. The Morgan fingerprint density at radius 1 is 1.33 bits per heavy atom. The van der Waals surface area contributed by atoms with Gasteiger partial charge in [0.15, 0.2) is 5.43 Å². The summed E-state index contributed by atoms with van der Waals surface area (Å²) in [5.74, 6) is 0. The number of aryl methyl sites for hydroxylation is 1. The van der Waals surface area contributed by atoms with Crippen molar-refractivity contribution in [1.29, 1.82) is 0 Å². The van der Waals surface area contributed by atoms with Crippen LogP contribution in [0.4, 0.5) is 5.69 Å². The van der Waals surface area contributed by atoms with E-state index >= 15 is 0 Å². The molecule has 2 aromatic heterocycles. The van der Waals surface area contributed by atoms with Crippen LogP contribution in [0.25, 0.3) is 20.2 Å². The maximum atomic E-state index is 12.5. The third-order valence-electron chi connectivity index (χ3n) is 2.97. The fourth-order valence-electron chi connectivity index (χ4n) is 2.05. The predicted molar refractivity (Wildman–Crippen MR) is 77.5 cm³/mol. The van der Waals surface area contributed by atoms with Crippen LogP contribution in [0.5, 0.6) is 0 Å². The summed E-state index contributed by atoms with van der Waals surface area (Å²) in [4.78, 5) is 16.5. The molecule has 0 atom stereocenters. The number of nitrogens with zero attached hydrogens (tertiary/aromatic N) is 1. The summed E-state index contributed by atoms with van der Waals surface area (Å²) in [7, 11) is 5.48. The highest BCUT2D eigenvalue weighted by atomic mass is 32.1. The molecule has 3 nitrogen and oxygen atoms in total. The van der Waals surface area contributed by atoms with Crippen LogP contribution in [0, 0.1) is 6.92 Å². The highest BCUT2D eigenvalue weighted by molar-refractivity contribution is 7.24. The molecule has 2 radical (unpaired) electrons. The summed E-state index contributed by atoms with van der Waals surface area (Å²) in [5, 5.41) is 3.87. The molecule has 5 heteroatoms. The minimum atomic E-state index is -0.0245. The molecule has 18 heavy (non-hydrogen) atoms. The molecule has 0 saturated carbocycles. The van der Waals surface area contributed by atoms with Crippen LogP contribution in [0.2, 0.25) is 0 Å².